The summed E-state index contributed by atoms with van der Waals surface area (Å²) >= 11 is 0. The van der Waals surface area contributed by atoms with Crippen molar-refractivity contribution in [3.8, 4) is 0 Å². The molecular formula is C10H18. The Morgan fingerprint density at radius 3 is 2.20 bits per heavy atom. The van der Waals surface area contributed by atoms with Crippen LogP contribution in [0.3, 0.4) is 0 Å². The van der Waals surface area contributed by atoms with Crippen LogP contribution in [0.25, 0.3) is 0 Å². The van der Waals surface area contributed by atoms with Gasteiger partial charge in [-0.1, -0.05) is 44.6 Å². The van der Waals surface area contributed by atoms with Crippen molar-refractivity contribution in [1.82, 2.24) is 0 Å². The van der Waals surface area contributed by atoms with Crippen LogP contribution in [0.1, 0.15) is 33.6 Å². The Bertz CT molecular complexity index is 131. The van der Waals surface area contributed by atoms with E-state index in [4.69, 9.17) is 0 Å². The maximum atomic E-state index is 4.00. The highest BCUT2D eigenvalue weighted by Crippen LogP contribution is 2.19. The predicted octanol–water partition coefficient (Wildman–Crippen LogP) is 3.55. The molecule has 0 aliphatic heterocycles. The molecule has 0 fully saturated rings. The Labute approximate surface area is 64.6 Å². The van der Waals surface area contributed by atoms with E-state index in [9.17, 15) is 0 Å². The van der Waals surface area contributed by atoms with Crippen molar-refractivity contribution in [2.24, 2.45) is 5.92 Å². The van der Waals surface area contributed by atoms with Gasteiger partial charge in [0.1, 0.15) is 0 Å². The SMILES string of the molecule is C=C(C)C(C)C(=C)CCC. The summed E-state index contributed by atoms with van der Waals surface area (Å²) in [4.78, 5) is 0. The average molecular weight is 138 g/mol. The van der Waals surface area contributed by atoms with Gasteiger partial charge < -0.3 is 0 Å². The number of allylic oxidation sites excluding steroid dienone is 2. The standard InChI is InChI=1S/C10H18/c1-6-7-9(4)10(5)8(2)3/h10H,2,4,6-7H2,1,3,5H3. The van der Waals surface area contributed by atoms with Crippen LogP contribution < -0.4 is 0 Å². The van der Waals surface area contributed by atoms with Crippen LogP contribution in [0.4, 0.5) is 0 Å². The first kappa shape index (κ1) is 9.48. The first-order valence-electron chi connectivity index (χ1n) is 3.92. The lowest BCUT2D eigenvalue weighted by Gasteiger charge is -2.13. The molecule has 0 aromatic carbocycles. The van der Waals surface area contributed by atoms with Gasteiger partial charge in [0.2, 0.25) is 0 Å². The quantitative estimate of drug-likeness (QED) is 0.521. The summed E-state index contributed by atoms with van der Waals surface area (Å²) in [6.07, 6.45) is 2.32. The maximum Gasteiger partial charge on any atom is -0.00296 e. The summed E-state index contributed by atoms with van der Waals surface area (Å²) in [5.41, 5.74) is 2.54. The lowest BCUT2D eigenvalue weighted by atomic mass is 9.93. The highest BCUT2D eigenvalue weighted by molar-refractivity contribution is 5.12. The summed E-state index contributed by atoms with van der Waals surface area (Å²) < 4.78 is 0. The highest BCUT2D eigenvalue weighted by atomic mass is 14.1. The largest absolute Gasteiger partial charge is 0.0995 e. The smallest absolute Gasteiger partial charge is 0.00296 e. The Kier molecular flexibility index (Phi) is 4.10. The fourth-order valence-electron chi connectivity index (χ4n) is 0.886. The Hall–Kier alpha value is -0.520. The maximum absolute atomic E-state index is 4.00. The van der Waals surface area contributed by atoms with Crippen LogP contribution >= 0.6 is 0 Å². The normalized spacial score (nSPS) is 12.7. The van der Waals surface area contributed by atoms with E-state index in [0.29, 0.717) is 5.92 Å². The van der Waals surface area contributed by atoms with E-state index in [-0.39, 0.29) is 0 Å². The van der Waals surface area contributed by atoms with Gasteiger partial charge in [0.05, 0.1) is 0 Å². The zero-order valence-electron chi connectivity index (χ0n) is 7.41. The van der Waals surface area contributed by atoms with E-state index in [1.807, 2.05) is 0 Å². The summed E-state index contributed by atoms with van der Waals surface area (Å²) in [5, 5.41) is 0. The van der Waals surface area contributed by atoms with Crippen LogP contribution in [0, 0.1) is 5.92 Å². The van der Waals surface area contributed by atoms with Crippen molar-refractivity contribution < 1.29 is 0 Å². The van der Waals surface area contributed by atoms with Crippen LogP contribution in [0.5, 0.6) is 0 Å². The van der Waals surface area contributed by atoms with Crippen LogP contribution in [0.2, 0.25) is 0 Å². The first-order valence-corrected chi connectivity index (χ1v) is 3.92. The third-order valence-electron chi connectivity index (χ3n) is 1.92. The van der Waals surface area contributed by atoms with E-state index >= 15 is 0 Å². The summed E-state index contributed by atoms with van der Waals surface area (Å²) in [6.45, 7) is 14.3. The second kappa shape index (κ2) is 4.32. The fourth-order valence-corrected chi connectivity index (χ4v) is 0.886. The third kappa shape index (κ3) is 2.86. The van der Waals surface area contributed by atoms with Crippen molar-refractivity contribution in [3.63, 3.8) is 0 Å². The van der Waals surface area contributed by atoms with Gasteiger partial charge in [0, 0.05) is 0 Å². The summed E-state index contributed by atoms with van der Waals surface area (Å²) in [6, 6.07) is 0. The van der Waals surface area contributed by atoms with E-state index in [1.54, 1.807) is 0 Å². The second-order valence-corrected chi connectivity index (χ2v) is 2.98. The summed E-state index contributed by atoms with van der Waals surface area (Å²) in [7, 11) is 0. The van der Waals surface area contributed by atoms with Crippen molar-refractivity contribution in [3.05, 3.63) is 24.3 Å². The minimum absolute atomic E-state index is 0.500. The van der Waals surface area contributed by atoms with Gasteiger partial charge in [-0.05, 0) is 19.3 Å². The molecule has 0 aromatic rings. The predicted molar refractivity (Wildman–Crippen MR) is 48.0 cm³/mol. The van der Waals surface area contributed by atoms with E-state index in [2.05, 4.69) is 33.9 Å². The number of rotatable bonds is 4. The molecule has 0 bridgehead atoms. The molecule has 0 rings (SSSR count). The molecular weight excluding hydrogens is 120 g/mol. The zero-order chi connectivity index (χ0) is 8.15. The third-order valence-corrected chi connectivity index (χ3v) is 1.92. The Morgan fingerprint density at radius 2 is 1.90 bits per heavy atom. The van der Waals surface area contributed by atoms with Crippen LogP contribution in [-0.4, -0.2) is 0 Å². The monoisotopic (exact) mass is 138 g/mol. The first-order chi connectivity index (χ1) is 4.59. The highest BCUT2D eigenvalue weighted by Gasteiger charge is 2.04. The van der Waals surface area contributed by atoms with Gasteiger partial charge >= 0.3 is 0 Å². The topological polar surface area (TPSA) is 0 Å². The molecule has 0 heteroatoms. The molecule has 0 saturated heterocycles. The average Bonchev–Trinajstić information content (AvgIpc) is 1.87. The molecule has 0 saturated carbocycles. The van der Waals surface area contributed by atoms with Crippen molar-refractivity contribution >= 4 is 0 Å². The van der Waals surface area contributed by atoms with Crippen LogP contribution in [0.15, 0.2) is 24.3 Å². The molecule has 58 valence electrons. The molecule has 0 N–H and O–H groups in total. The van der Waals surface area contributed by atoms with Gasteiger partial charge in [0.15, 0.2) is 0 Å². The summed E-state index contributed by atoms with van der Waals surface area (Å²) in [5.74, 6) is 0.500. The Morgan fingerprint density at radius 1 is 1.40 bits per heavy atom. The molecule has 0 spiro atoms. The van der Waals surface area contributed by atoms with Gasteiger partial charge in [0.25, 0.3) is 0 Å². The molecule has 0 heterocycles. The molecule has 0 nitrogen and oxygen atoms in total. The molecule has 0 aliphatic carbocycles. The van der Waals surface area contributed by atoms with E-state index in [1.165, 1.54) is 17.6 Å². The Balaban J connectivity index is 3.82. The molecule has 0 aromatic heterocycles. The van der Waals surface area contributed by atoms with E-state index in [0.717, 1.165) is 6.42 Å². The van der Waals surface area contributed by atoms with Crippen molar-refractivity contribution in [2.75, 3.05) is 0 Å². The molecule has 0 amide bonds. The minimum Gasteiger partial charge on any atom is -0.0995 e. The van der Waals surface area contributed by atoms with Crippen molar-refractivity contribution in [1.29, 1.82) is 0 Å². The lowest BCUT2D eigenvalue weighted by molar-refractivity contribution is 0.732. The molecule has 1 unspecified atom stereocenters. The van der Waals surface area contributed by atoms with Gasteiger partial charge in [-0.3, -0.25) is 0 Å². The second-order valence-electron chi connectivity index (χ2n) is 2.98. The van der Waals surface area contributed by atoms with Gasteiger partial charge in [-0.2, -0.15) is 0 Å². The molecule has 0 aliphatic rings. The fraction of sp³-hybridized carbons (Fsp3) is 0.600. The van der Waals surface area contributed by atoms with E-state index < -0.39 is 0 Å². The van der Waals surface area contributed by atoms with Gasteiger partial charge in [-0.15, -0.1) is 0 Å². The molecule has 0 radical (unpaired) electrons. The minimum atomic E-state index is 0.500. The van der Waals surface area contributed by atoms with Crippen LogP contribution in [-0.2, 0) is 0 Å². The number of hydrogen-bond acceptors (Lipinski definition) is 0. The molecule has 1 atom stereocenters. The molecule has 10 heavy (non-hydrogen) atoms. The van der Waals surface area contributed by atoms with Gasteiger partial charge in [-0.25, -0.2) is 0 Å². The van der Waals surface area contributed by atoms with Crippen molar-refractivity contribution in [2.45, 2.75) is 33.6 Å². The lowest BCUT2D eigenvalue weighted by Crippen LogP contribution is -1.98. The number of hydrogen-bond donors (Lipinski definition) is 0. The zero-order valence-corrected chi connectivity index (χ0v) is 7.41.